The zero-order valence-corrected chi connectivity index (χ0v) is 11.3. The van der Waals surface area contributed by atoms with E-state index in [1.165, 1.54) is 6.42 Å². The van der Waals surface area contributed by atoms with E-state index >= 15 is 0 Å². The van der Waals surface area contributed by atoms with Gasteiger partial charge in [-0.05, 0) is 31.6 Å². The first-order valence-electron chi connectivity index (χ1n) is 6.79. The molecule has 102 valence electrons. The average Bonchev–Trinajstić information content (AvgIpc) is 2.87. The fraction of sp³-hybridized carbons (Fsp3) is 0.846. The van der Waals surface area contributed by atoms with E-state index < -0.39 is 0 Å². The summed E-state index contributed by atoms with van der Waals surface area (Å²) in [6, 6.07) is 0. The van der Waals surface area contributed by atoms with E-state index in [1.54, 1.807) is 7.11 Å². The highest BCUT2D eigenvalue weighted by molar-refractivity contribution is 5.06. The van der Waals surface area contributed by atoms with Gasteiger partial charge in [-0.15, -0.1) is 0 Å². The van der Waals surface area contributed by atoms with Crippen LogP contribution >= 0.6 is 0 Å². The molecule has 0 unspecified atom stereocenters. The van der Waals surface area contributed by atoms with Crippen LogP contribution in [-0.2, 0) is 16.7 Å². The Hall–Kier alpha value is -0.940. The summed E-state index contributed by atoms with van der Waals surface area (Å²) in [6.45, 7) is 2.84. The number of rotatable bonds is 5. The smallest absolute Gasteiger partial charge is 0.229 e. The van der Waals surface area contributed by atoms with Gasteiger partial charge < -0.3 is 15.0 Å². The highest BCUT2D eigenvalue weighted by atomic mass is 16.5. The maximum atomic E-state index is 6.42. The molecule has 0 bridgehead atoms. The highest BCUT2D eigenvalue weighted by Crippen LogP contribution is 2.37. The molecular weight excluding hydrogens is 230 g/mol. The predicted molar refractivity (Wildman–Crippen MR) is 68.0 cm³/mol. The van der Waals surface area contributed by atoms with Gasteiger partial charge in [0.05, 0.1) is 18.6 Å². The summed E-state index contributed by atoms with van der Waals surface area (Å²) in [4.78, 5) is 4.41. The van der Waals surface area contributed by atoms with E-state index in [9.17, 15) is 0 Å². The first-order chi connectivity index (χ1) is 8.68. The molecular formula is C13H23N3O2. The Morgan fingerprint density at radius 1 is 1.44 bits per heavy atom. The summed E-state index contributed by atoms with van der Waals surface area (Å²) in [6.07, 6.45) is 6.12. The monoisotopic (exact) mass is 253 g/mol. The predicted octanol–water partition coefficient (Wildman–Crippen LogP) is 2.01. The third kappa shape index (κ3) is 2.90. The Morgan fingerprint density at radius 3 is 2.78 bits per heavy atom. The van der Waals surface area contributed by atoms with Gasteiger partial charge in [0.2, 0.25) is 5.89 Å². The summed E-state index contributed by atoms with van der Waals surface area (Å²) in [7, 11) is 1.66. The van der Waals surface area contributed by atoms with Crippen LogP contribution in [0.1, 0.15) is 50.7 Å². The zero-order chi connectivity index (χ0) is 13.0. The molecule has 5 heteroatoms. The molecule has 0 aliphatic heterocycles. The lowest BCUT2D eigenvalue weighted by Gasteiger charge is -2.34. The van der Waals surface area contributed by atoms with Gasteiger partial charge in [0.25, 0.3) is 0 Å². The van der Waals surface area contributed by atoms with E-state index in [4.69, 9.17) is 15.0 Å². The quantitative estimate of drug-likeness (QED) is 0.869. The summed E-state index contributed by atoms with van der Waals surface area (Å²) >= 11 is 0. The highest BCUT2D eigenvalue weighted by Gasteiger charge is 2.36. The molecule has 2 N–H and O–H groups in total. The van der Waals surface area contributed by atoms with Crippen molar-refractivity contribution < 1.29 is 9.26 Å². The van der Waals surface area contributed by atoms with Gasteiger partial charge in [-0.3, -0.25) is 0 Å². The molecule has 5 nitrogen and oxygen atoms in total. The standard InChI is InChI=1S/C13H23N3O2/c1-3-10-4-7-13(14,8-5-10)12-15-11(18-16-12)6-9-17-2/h10H,3-9,14H2,1-2H3. The Bertz CT molecular complexity index is 370. The molecule has 1 aromatic heterocycles. The molecule has 0 spiro atoms. The number of ether oxygens (including phenoxy) is 1. The first-order valence-corrected chi connectivity index (χ1v) is 6.79. The van der Waals surface area contributed by atoms with Crippen LogP contribution in [0.25, 0.3) is 0 Å². The van der Waals surface area contributed by atoms with E-state index in [0.717, 1.165) is 31.6 Å². The summed E-state index contributed by atoms with van der Waals surface area (Å²) in [5, 5.41) is 4.05. The first kappa shape index (κ1) is 13.5. The van der Waals surface area contributed by atoms with Gasteiger partial charge in [0, 0.05) is 7.11 Å². The maximum absolute atomic E-state index is 6.42. The molecule has 0 radical (unpaired) electrons. The van der Waals surface area contributed by atoms with Crippen LogP contribution in [0.15, 0.2) is 4.52 Å². The van der Waals surface area contributed by atoms with Crippen LogP contribution in [0.3, 0.4) is 0 Å². The largest absolute Gasteiger partial charge is 0.384 e. The van der Waals surface area contributed by atoms with Crippen LogP contribution in [0.4, 0.5) is 0 Å². The van der Waals surface area contributed by atoms with Crippen LogP contribution in [0, 0.1) is 5.92 Å². The third-order valence-corrected chi connectivity index (χ3v) is 4.01. The van der Waals surface area contributed by atoms with Crippen molar-refractivity contribution in [3.8, 4) is 0 Å². The lowest BCUT2D eigenvalue weighted by molar-refractivity contribution is 0.191. The normalized spacial score (nSPS) is 28.5. The van der Waals surface area contributed by atoms with E-state index in [2.05, 4.69) is 17.1 Å². The molecule has 1 saturated carbocycles. The van der Waals surface area contributed by atoms with E-state index in [1.807, 2.05) is 0 Å². The molecule has 0 saturated heterocycles. The van der Waals surface area contributed by atoms with Gasteiger partial charge in [-0.25, -0.2) is 0 Å². The second-order valence-corrected chi connectivity index (χ2v) is 5.26. The summed E-state index contributed by atoms with van der Waals surface area (Å²) < 4.78 is 10.2. The Morgan fingerprint density at radius 2 is 2.17 bits per heavy atom. The van der Waals surface area contributed by atoms with Crippen LogP contribution in [0.2, 0.25) is 0 Å². The lowest BCUT2D eigenvalue weighted by atomic mass is 9.76. The number of aromatic nitrogens is 2. The number of nitrogens with zero attached hydrogens (tertiary/aromatic N) is 2. The topological polar surface area (TPSA) is 74.2 Å². The molecule has 0 amide bonds. The SMILES string of the molecule is CCC1CCC(N)(c2noc(CCOC)n2)CC1. The minimum atomic E-state index is -0.388. The van der Waals surface area contributed by atoms with Gasteiger partial charge in [0.15, 0.2) is 5.82 Å². The number of hydrogen-bond acceptors (Lipinski definition) is 5. The Labute approximate surface area is 108 Å². The Balaban J connectivity index is 1.99. The van der Waals surface area contributed by atoms with Gasteiger partial charge in [-0.2, -0.15) is 4.98 Å². The van der Waals surface area contributed by atoms with Crippen LogP contribution < -0.4 is 5.73 Å². The molecule has 1 fully saturated rings. The van der Waals surface area contributed by atoms with Crippen molar-refractivity contribution in [2.45, 2.75) is 51.0 Å². The molecule has 0 atom stereocenters. The Kier molecular flexibility index (Phi) is 4.35. The molecule has 1 aliphatic carbocycles. The number of methoxy groups -OCH3 is 1. The number of hydrogen-bond donors (Lipinski definition) is 1. The fourth-order valence-electron chi connectivity index (χ4n) is 2.57. The van der Waals surface area contributed by atoms with Crippen molar-refractivity contribution in [3.63, 3.8) is 0 Å². The van der Waals surface area contributed by atoms with Crippen molar-refractivity contribution in [3.05, 3.63) is 11.7 Å². The van der Waals surface area contributed by atoms with Gasteiger partial charge >= 0.3 is 0 Å². The second kappa shape index (κ2) is 5.80. The zero-order valence-electron chi connectivity index (χ0n) is 11.3. The molecule has 0 aromatic carbocycles. The van der Waals surface area contributed by atoms with Gasteiger partial charge in [0.1, 0.15) is 0 Å². The van der Waals surface area contributed by atoms with Crippen LogP contribution in [-0.4, -0.2) is 23.9 Å². The molecule has 1 aromatic rings. The maximum Gasteiger partial charge on any atom is 0.229 e. The van der Waals surface area contributed by atoms with Crippen LogP contribution in [0.5, 0.6) is 0 Å². The molecule has 1 aliphatic rings. The third-order valence-electron chi connectivity index (χ3n) is 4.01. The lowest BCUT2D eigenvalue weighted by Crippen LogP contribution is -2.41. The minimum Gasteiger partial charge on any atom is -0.384 e. The minimum absolute atomic E-state index is 0.388. The van der Waals surface area contributed by atoms with Gasteiger partial charge in [-0.1, -0.05) is 18.5 Å². The summed E-state index contributed by atoms with van der Waals surface area (Å²) in [5.74, 6) is 2.10. The van der Waals surface area contributed by atoms with Crippen molar-refractivity contribution in [1.29, 1.82) is 0 Å². The summed E-state index contributed by atoms with van der Waals surface area (Å²) in [5.41, 5.74) is 6.03. The van der Waals surface area contributed by atoms with Crippen molar-refractivity contribution in [1.82, 2.24) is 10.1 Å². The van der Waals surface area contributed by atoms with Crippen molar-refractivity contribution in [2.75, 3.05) is 13.7 Å². The molecule has 2 rings (SSSR count). The van der Waals surface area contributed by atoms with Crippen molar-refractivity contribution >= 4 is 0 Å². The molecule has 18 heavy (non-hydrogen) atoms. The van der Waals surface area contributed by atoms with E-state index in [0.29, 0.717) is 24.7 Å². The second-order valence-electron chi connectivity index (χ2n) is 5.26. The molecule has 1 heterocycles. The average molecular weight is 253 g/mol. The fourth-order valence-corrected chi connectivity index (χ4v) is 2.57. The number of nitrogens with two attached hydrogens (primary N) is 1. The van der Waals surface area contributed by atoms with Crippen molar-refractivity contribution in [2.24, 2.45) is 11.7 Å². The van der Waals surface area contributed by atoms with E-state index in [-0.39, 0.29) is 5.54 Å².